The van der Waals surface area contributed by atoms with Crippen LogP contribution >= 0.6 is 38.9 Å². The van der Waals surface area contributed by atoms with Crippen LogP contribution in [0.15, 0.2) is 15.9 Å². The van der Waals surface area contributed by atoms with E-state index >= 15 is 0 Å². The molecular weight excluding hydrogens is 358 g/mol. The Morgan fingerprint density at radius 1 is 1.50 bits per heavy atom. The number of hydrogen-bond acceptors (Lipinski definition) is 3. The summed E-state index contributed by atoms with van der Waals surface area (Å²) in [7, 11) is 1.97. The van der Waals surface area contributed by atoms with E-state index in [1.54, 1.807) is 11.3 Å². The van der Waals surface area contributed by atoms with Gasteiger partial charge in [-0.3, -0.25) is 4.68 Å². The molecule has 110 valence electrons. The zero-order valence-electron chi connectivity index (χ0n) is 11.9. The van der Waals surface area contributed by atoms with Crippen molar-refractivity contribution in [2.24, 2.45) is 7.05 Å². The van der Waals surface area contributed by atoms with Crippen LogP contribution in [0.2, 0.25) is 5.02 Å². The Balaban J connectivity index is 2.29. The van der Waals surface area contributed by atoms with Gasteiger partial charge in [0.2, 0.25) is 0 Å². The Morgan fingerprint density at radius 2 is 2.25 bits per heavy atom. The van der Waals surface area contributed by atoms with Crippen molar-refractivity contribution >= 4 is 38.9 Å². The highest BCUT2D eigenvalue weighted by Gasteiger charge is 2.21. The molecule has 3 nitrogen and oxygen atoms in total. The summed E-state index contributed by atoms with van der Waals surface area (Å²) in [5.74, 6) is 0. The zero-order valence-corrected chi connectivity index (χ0v) is 15.1. The molecule has 0 aromatic carbocycles. The highest BCUT2D eigenvalue weighted by atomic mass is 79.9. The number of nitrogens with zero attached hydrogens (tertiary/aromatic N) is 2. The summed E-state index contributed by atoms with van der Waals surface area (Å²) in [4.78, 5) is 1.31. The fraction of sp³-hybridized carbons (Fsp3) is 0.500. The van der Waals surface area contributed by atoms with E-state index in [-0.39, 0.29) is 6.04 Å². The van der Waals surface area contributed by atoms with Crippen molar-refractivity contribution in [3.8, 4) is 0 Å². The maximum atomic E-state index is 6.46. The molecule has 0 spiro atoms. The van der Waals surface area contributed by atoms with Gasteiger partial charge < -0.3 is 5.32 Å². The largest absolute Gasteiger partial charge is 0.309 e. The third-order valence-electron chi connectivity index (χ3n) is 3.31. The SMILES string of the molecule is CCNC(Cc1c(Cl)c(CC)nn1C)c1sccc1Br. The van der Waals surface area contributed by atoms with Crippen LogP contribution in [-0.2, 0) is 19.9 Å². The van der Waals surface area contributed by atoms with E-state index in [0.717, 1.165) is 40.3 Å². The number of thiophene rings is 1. The molecule has 0 amide bonds. The summed E-state index contributed by atoms with van der Waals surface area (Å²) in [6, 6.07) is 2.35. The molecule has 0 bridgehead atoms. The van der Waals surface area contributed by atoms with Gasteiger partial charge in [-0.2, -0.15) is 5.10 Å². The molecule has 1 N–H and O–H groups in total. The molecule has 2 aromatic heterocycles. The standard InChI is InChI=1S/C14H19BrClN3S/c1-4-10-13(16)12(19(3)18-10)8-11(17-5-2)14-9(15)6-7-20-14/h6-7,11,17H,4-5,8H2,1-3H3. The average molecular weight is 377 g/mol. The summed E-state index contributed by atoms with van der Waals surface area (Å²) in [6.07, 6.45) is 1.70. The summed E-state index contributed by atoms with van der Waals surface area (Å²) >= 11 is 11.8. The van der Waals surface area contributed by atoms with Crippen LogP contribution in [0.5, 0.6) is 0 Å². The minimum Gasteiger partial charge on any atom is -0.309 e. The fourth-order valence-electron chi connectivity index (χ4n) is 2.29. The van der Waals surface area contributed by atoms with Crippen LogP contribution in [0.4, 0.5) is 0 Å². The molecule has 0 saturated carbocycles. The van der Waals surface area contributed by atoms with Crippen molar-refractivity contribution < 1.29 is 0 Å². The Labute approximate surface area is 137 Å². The van der Waals surface area contributed by atoms with E-state index in [4.69, 9.17) is 11.6 Å². The topological polar surface area (TPSA) is 29.9 Å². The molecule has 2 aromatic rings. The van der Waals surface area contributed by atoms with Crippen molar-refractivity contribution in [3.05, 3.63) is 37.2 Å². The van der Waals surface area contributed by atoms with Crippen LogP contribution in [-0.4, -0.2) is 16.3 Å². The average Bonchev–Trinajstić information content (AvgIpc) is 2.96. The number of halogens is 2. The van der Waals surface area contributed by atoms with Crippen LogP contribution in [0.25, 0.3) is 0 Å². The molecule has 20 heavy (non-hydrogen) atoms. The fourth-order valence-corrected chi connectivity index (χ4v) is 4.39. The normalized spacial score (nSPS) is 12.8. The number of aromatic nitrogens is 2. The molecule has 0 saturated heterocycles. The van der Waals surface area contributed by atoms with E-state index in [9.17, 15) is 0 Å². The van der Waals surface area contributed by atoms with Gasteiger partial charge in [-0.05, 0) is 40.3 Å². The molecule has 1 unspecified atom stereocenters. The van der Waals surface area contributed by atoms with Crippen molar-refractivity contribution in [1.29, 1.82) is 0 Å². The Bertz CT molecular complexity index is 579. The number of aryl methyl sites for hydroxylation is 2. The molecule has 0 aliphatic carbocycles. The van der Waals surface area contributed by atoms with Gasteiger partial charge in [-0.15, -0.1) is 11.3 Å². The highest BCUT2D eigenvalue weighted by Crippen LogP contribution is 2.33. The number of rotatable bonds is 6. The Kier molecular flexibility index (Phi) is 5.66. The molecule has 0 fully saturated rings. The lowest BCUT2D eigenvalue weighted by Gasteiger charge is -2.17. The number of nitrogens with one attached hydrogen (secondary N) is 1. The van der Waals surface area contributed by atoms with Crippen LogP contribution in [0.3, 0.4) is 0 Å². The maximum Gasteiger partial charge on any atom is 0.0850 e. The second-order valence-corrected chi connectivity index (χ2v) is 6.81. The molecular formula is C14H19BrClN3S. The predicted octanol–water partition coefficient (Wildman–Crippen LogP) is 4.35. The first-order valence-electron chi connectivity index (χ1n) is 6.74. The van der Waals surface area contributed by atoms with Crippen molar-refractivity contribution in [2.75, 3.05) is 6.54 Å². The van der Waals surface area contributed by atoms with Crippen molar-refractivity contribution in [3.63, 3.8) is 0 Å². The summed E-state index contributed by atoms with van der Waals surface area (Å²) in [6.45, 7) is 5.12. The smallest absolute Gasteiger partial charge is 0.0850 e. The van der Waals surface area contributed by atoms with Gasteiger partial charge in [0.05, 0.1) is 16.4 Å². The minimum absolute atomic E-state index is 0.256. The third-order valence-corrected chi connectivity index (χ3v) is 5.73. The van der Waals surface area contributed by atoms with Crippen LogP contribution in [0.1, 0.15) is 36.2 Å². The molecule has 0 aliphatic heterocycles. The zero-order chi connectivity index (χ0) is 14.7. The molecule has 0 radical (unpaired) electrons. The quantitative estimate of drug-likeness (QED) is 0.812. The lowest BCUT2D eigenvalue weighted by Crippen LogP contribution is -2.23. The predicted molar refractivity (Wildman–Crippen MR) is 89.7 cm³/mol. The highest BCUT2D eigenvalue weighted by molar-refractivity contribution is 9.10. The van der Waals surface area contributed by atoms with E-state index in [1.165, 1.54) is 4.88 Å². The first-order chi connectivity index (χ1) is 9.58. The maximum absolute atomic E-state index is 6.46. The Morgan fingerprint density at radius 3 is 2.75 bits per heavy atom. The Hall–Kier alpha value is -0.360. The lowest BCUT2D eigenvalue weighted by molar-refractivity contribution is 0.534. The molecule has 1 atom stereocenters. The van der Waals surface area contributed by atoms with Gasteiger partial charge in [0, 0.05) is 28.9 Å². The van der Waals surface area contributed by atoms with Gasteiger partial charge in [0.15, 0.2) is 0 Å². The minimum atomic E-state index is 0.256. The van der Waals surface area contributed by atoms with Gasteiger partial charge in [0.25, 0.3) is 0 Å². The summed E-state index contributed by atoms with van der Waals surface area (Å²) in [5.41, 5.74) is 2.07. The monoisotopic (exact) mass is 375 g/mol. The molecule has 2 rings (SSSR count). The van der Waals surface area contributed by atoms with Gasteiger partial charge in [0.1, 0.15) is 0 Å². The van der Waals surface area contributed by atoms with Gasteiger partial charge in [-0.1, -0.05) is 25.4 Å². The van der Waals surface area contributed by atoms with Crippen molar-refractivity contribution in [1.82, 2.24) is 15.1 Å². The van der Waals surface area contributed by atoms with Gasteiger partial charge in [-0.25, -0.2) is 0 Å². The van der Waals surface area contributed by atoms with Crippen LogP contribution < -0.4 is 5.32 Å². The summed E-state index contributed by atoms with van der Waals surface area (Å²) < 4.78 is 3.06. The number of likely N-dealkylation sites (N-methyl/N-ethyl adjacent to an activating group) is 1. The van der Waals surface area contributed by atoms with E-state index in [0.29, 0.717) is 0 Å². The van der Waals surface area contributed by atoms with Crippen LogP contribution in [0, 0.1) is 0 Å². The lowest BCUT2D eigenvalue weighted by atomic mass is 10.1. The first kappa shape index (κ1) is 16.0. The van der Waals surface area contributed by atoms with E-state index < -0.39 is 0 Å². The van der Waals surface area contributed by atoms with E-state index in [2.05, 4.69) is 51.6 Å². The van der Waals surface area contributed by atoms with E-state index in [1.807, 2.05) is 11.7 Å². The third kappa shape index (κ3) is 3.27. The second kappa shape index (κ2) is 7.07. The van der Waals surface area contributed by atoms with Gasteiger partial charge >= 0.3 is 0 Å². The molecule has 6 heteroatoms. The van der Waals surface area contributed by atoms with Crippen molar-refractivity contribution in [2.45, 2.75) is 32.7 Å². The number of hydrogen-bond donors (Lipinski definition) is 1. The molecule has 0 aliphatic rings. The molecule has 2 heterocycles. The second-order valence-electron chi connectivity index (χ2n) is 4.63. The first-order valence-corrected chi connectivity index (χ1v) is 8.80. The summed E-state index contributed by atoms with van der Waals surface area (Å²) in [5, 5.41) is 10.9.